The lowest BCUT2D eigenvalue weighted by Gasteiger charge is -2.22. The van der Waals surface area contributed by atoms with E-state index in [9.17, 15) is 4.79 Å². The largest absolute Gasteiger partial charge is 0.380 e. The van der Waals surface area contributed by atoms with Gasteiger partial charge in [-0.25, -0.2) is 4.52 Å². The minimum Gasteiger partial charge on any atom is -0.380 e. The standard InChI is InChI=1S/C23H28N4O/c1-15(2)26-22-20(23(24)28)13-25-27-14-19(12-21(22)27)18-10-8-17(9-11-18)16-6-4-3-5-7-16/h8-16,26H,3-7H2,1-2H3,(H2,24,28). The molecule has 3 aromatic rings. The second-order valence-corrected chi connectivity index (χ2v) is 8.11. The number of nitrogens with zero attached hydrogens (tertiary/aromatic N) is 2. The number of amides is 1. The maximum absolute atomic E-state index is 11.8. The topological polar surface area (TPSA) is 72.4 Å². The molecular weight excluding hydrogens is 348 g/mol. The van der Waals surface area contributed by atoms with Crippen molar-refractivity contribution < 1.29 is 4.79 Å². The van der Waals surface area contributed by atoms with Crippen LogP contribution in [0.15, 0.2) is 42.7 Å². The summed E-state index contributed by atoms with van der Waals surface area (Å²) < 4.78 is 1.81. The predicted molar refractivity (Wildman–Crippen MR) is 114 cm³/mol. The van der Waals surface area contributed by atoms with Crippen molar-refractivity contribution in [2.24, 2.45) is 5.73 Å². The lowest BCUT2D eigenvalue weighted by Crippen LogP contribution is -2.19. The summed E-state index contributed by atoms with van der Waals surface area (Å²) in [5.41, 5.74) is 11.3. The number of aromatic nitrogens is 2. The molecule has 0 bridgehead atoms. The van der Waals surface area contributed by atoms with Gasteiger partial charge in [-0.15, -0.1) is 0 Å². The third-order valence-electron chi connectivity index (χ3n) is 5.66. The first-order valence-corrected chi connectivity index (χ1v) is 10.2. The zero-order chi connectivity index (χ0) is 19.7. The number of carbonyl (C=O) groups is 1. The molecule has 2 heterocycles. The minimum absolute atomic E-state index is 0.178. The van der Waals surface area contributed by atoms with Gasteiger partial charge in [-0.05, 0) is 49.8 Å². The molecule has 0 unspecified atom stereocenters. The van der Waals surface area contributed by atoms with E-state index >= 15 is 0 Å². The molecule has 2 aromatic heterocycles. The Labute approximate surface area is 165 Å². The summed E-state index contributed by atoms with van der Waals surface area (Å²) in [7, 11) is 0. The minimum atomic E-state index is -0.474. The van der Waals surface area contributed by atoms with E-state index in [1.54, 1.807) is 0 Å². The number of fused-ring (bicyclic) bond motifs is 1. The molecule has 5 heteroatoms. The van der Waals surface area contributed by atoms with Crippen LogP contribution in [0.5, 0.6) is 0 Å². The Kier molecular flexibility index (Phi) is 5.07. The summed E-state index contributed by atoms with van der Waals surface area (Å²) in [4.78, 5) is 11.8. The highest BCUT2D eigenvalue weighted by Crippen LogP contribution is 2.34. The van der Waals surface area contributed by atoms with Gasteiger partial charge in [-0.1, -0.05) is 43.5 Å². The van der Waals surface area contributed by atoms with Gasteiger partial charge in [0, 0.05) is 17.8 Å². The molecule has 0 aliphatic heterocycles. The second kappa shape index (κ2) is 7.66. The summed E-state index contributed by atoms with van der Waals surface area (Å²) in [5.74, 6) is 0.232. The SMILES string of the molecule is CC(C)Nc1c(C(N)=O)cnn2cc(-c3ccc(C4CCCCC4)cc3)cc12. The monoisotopic (exact) mass is 376 g/mol. The summed E-state index contributed by atoms with van der Waals surface area (Å²) in [6, 6.07) is 11.2. The van der Waals surface area contributed by atoms with Crippen LogP contribution in [0.3, 0.4) is 0 Å². The Balaban J connectivity index is 1.70. The first kappa shape index (κ1) is 18.5. The number of hydrogen-bond acceptors (Lipinski definition) is 3. The molecule has 1 aliphatic rings. The van der Waals surface area contributed by atoms with E-state index in [-0.39, 0.29) is 6.04 Å². The number of hydrogen-bond donors (Lipinski definition) is 2. The molecule has 1 amide bonds. The Hall–Kier alpha value is -2.82. The number of carbonyl (C=O) groups excluding carboxylic acids is 1. The number of anilines is 1. The van der Waals surface area contributed by atoms with Crippen LogP contribution < -0.4 is 11.1 Å². The lowest BCUT2D eigenvalue weighted by atomic mass is 9.84. The van der Waals surface area contributed by atoms with E-state index in [4.69, 9.17) is 5.73 Å². The first-order chi connectivity index (χ1) is 13.5. The van der Waals surface area contributed by atoms with Gasteiger partial charge >= 0.3 is 0 Å². The second-order valence-electron chi connectivity index (χ2n) is 8.11. The van der Waals surface area contributed by atoms with Crippen molar-refractivity contribution in [3.8, 4) is 11.1 Å². The number of nitrogens with one attached hydrogen (secondary N) is 1. The van der Waals surface area contributed by atoms with Crippen LogP contribution in [0.25, 0.3) is 16.6 Å². The van der Waals surface area contributed by atoms with Gasteiger partial charge < -0.3 is 11.1 Å². The van der Waals surface area contributed by atoms with E-state index in [0.29, 0.717) is 11.5 Å². The maximum Gasteiger partial charge on any atom is 0.252 e. The zero-order valence-electron chi connectivity index (χ0n) is 16.6. The van der Waals surface area contributed by atoms with E-state index in [2.05, 4.69) is 40.7 Å². The van der Waals surface area contributed by atoms with Crippen LogP contribution in [0.4, 0.5) is 5.69 Å². The lowest BCUT2D eigenvalue weighted by molar-refractivity contribution is 0.100. The van der Waals surface area contributed by atoms with Gasteiger partial charge in [0.05, 0.1) is 23.0 Å². The summed E-state index contributed by atoms with van der Waals surface area (Å²) in [6.07, 6.45) is 10.2. The molecule has 0 saturated heterocycles. The number of benzene rings is 1. The predicted octanol–water partition coefficient (Wildman–Crippen LogP) is 4.97. The Morgan fingerprint density at radius 1 is 1.14 bits per heavy atom. The van der Waals surface area contributed by atoms with Gasteiger partial charge in [0.15, 0.2) is 0 Å². The highest BCUT2D eigenvalue weighted by atomic mass is 16.1. The van der Waals surface area contributed by atoms with Crippen molar-refractivity contribution in [1.82, 2.24) is 9.61 Å². The summed E-state index contributed by atoms with van der Waals surface area (Å²) in [5, 5.41) is 7.74. The quantitative estimate of drug-likeness (QED) is 0.660. The molecule has 0 atom stereocenters. The van der Waals surface area contributed by atoms with Crippen LogP contribution in [0, 0.1) is 0 Å². The van der Waals surface area contributed by atoms with Crippen molar-refractivity contribution in [3.63, 3.8) is 0 Å². The molecule has 0 spiro atoms. The molecule has 3 N–H and O–H groups in total. The van der Waals surface area contributed by atoms with Crippen LogP contribution >= 0.6 is 0 Å². The average Bonchev–Trinajstić information content (AvgIpc) is 3.13. The maximum atomic E-state index is 11.8. The molecule has 1 saturated carbocycles. The molecule has 28 heavy (non-hydrogen) atoms. The number of nitrogens with two attached hydrogens (primary N) is 1. The third-order valence-corrected chi connectivity index (χ3v) is 5.66. The Morgan fingerprint density at radius 2 is 1.86 bits per heavy atom. The van der Waals surface area contributed by atoms with Crippen molar-refractivity contribution in [3.05, 3.63) is 53.9 Å². The molecule has 5 nitrogen and oxygen atoms in total. The van der Waals surface area contributed by atoms with E-state index in [1.807, 2.05) is 24.6 Å². The van der Waals surface area contributed by atoms with Crippen LogP contribution in [-0.2, 0) is 0 Å². The Morgan fingerprint density at radius 3 is 2.50 bits per heavy atom. The van der Waals surface area contributed by atoms with Gasteiger partial charge in [0.1, 0.15) is 0 Å². The molecule has 1 aliphatic carbocycles. The molecule has 0 radical (unpaired) electrons. The highest BCUT2D eigenvalue weighted by Gasteiger charge is 2.17. The van der Waals surface area contributed by atoms with Gasteiger partial charge in [-0.2, -0.15) is 5.10 Å². The first-order valence-electron chi connectivity index (χ1n) is 10.2. The van der Waals surface area contributed by atoms with Gasteiger partial charge in [-0.3, -0.25) is 4.79 Å². The fourth-order valence-corrected chi connectivity index (χ4v) is 4.23. The smallest absolute Gasteiger partial charge is 0.252 e. The normalized spacial score (nSPS) is 15.2. The zero-order valence-corrected chi connectivity index (χ0v) is 16.6. The summed E-state index contributed by atoms with van der Waals surface area (Å²) >= 11 is 0. The van der Waals surface area contributed by atoms with Crippen molar-refractivity contribution in [2.45, 2.75) is 57.9 Å². The Bertz CT molecular complexity index is 982. The average molecular weight is 377 g/mol. The fraction of sp³-hybridized carbons (Fsp3) is 0.391. The van der Waals surface area contributed by atoms with E-state index < -0.39 is 5.91 Å². The molecular formula is C23H28N4O. The number of primary amides is 1. The van der Waals surface area contributed by atoms with Crippen molar-refractivity contribution >= 4 is 17.1 Å². The van der Waals surface area contributed by atoms with E-state index in [0.717, 1.165) is 22.3 Å². The van der Waals surface area contributed by atoms with E-state index in [1.165, 1.54) is 43.9 Å². The van der Waals surface area contributed by atoms with Crippen LogP contribution in [0.2, 0.25) is 0 Å². The van der Waals surface area contributed by atoms with Crippen LogP contribution in [-0.4, -0.2) is 21.6 Å². The third kappa shape index (κ3) is 3.61. The number of rotatable bonds is 5. The molecule has 1 fully saturated rings. The van der Waals surface area contributed by atoms with Gasteiger partial charge in [0.25, 0.3) is 5.91 Å². The molecule has 1 aromatic carbocycles. The molecule has 146 valence electrons. The van der Waals surface area contributed by atoms with Crippen molar-refractivity contribution in [1.29, 1.82) is 0 Å². The molecule has 4 rings (SSSR count). The van der Waals surface area contributed by atoms with Crippen molar-refractivity contribution in [2.75, 3.05) is 5.32 Å². The fourth-order valence-electron chi connectivity index (χ4n) is 4.23. The summed E-state index contributed by atoms with van der Waals surface area (Å²) in [6.45, 7) is 4.07. The van der Waals surface area contributed by atoms with Gasteiger partial charge in [0.2, 0.25) is 0 Å². The highest BCUT2D eigenvalue weighted by molar-refractivity contribution is 6.02. The van der Waals surface area contributed by atoms with Crippen LogP contribution in [0.1, 0.15) is 67.8 Å².